The van der Waals surface area contributed by atoms with Crippen molar-refractivity contribution in [3.63, 3.8) is 0 Å². The van der Waals surface area contributed by atoms with E-state index in [0.717, 1.165) is 0 Å². The van der Waals surface area contributed by atoms with Crippen LogP contribution in [0.2, 0.25) is 0 Å². The predicted molar refractivity (Wildman–Crippen MR) is 59.5 cm³/mol. The average Bonchev–Trinajstić information content (AvgIpc) is 2.32. The Balaban J connectivity index is 2.24. The first kappa shape index (κ1) is 10.2. The van der Waals surface area contributed by atoms with Crippen LogP contribution in [0, 0.1) is 0 Å². The van der Waals surface area contributed by atoms with Crippen molar-refractivity contribution in [1.29, 1.82) is 0 Å². The largest absolute Gasteiger partial charge is 0.497 e. The third kappa shape index (κ3) is 2.20. The molecule has 0 spiro atoms. The number of hydrogen-bond acceptors (Lipinski definition) is 5. The zero-order valence-corrected chi connectivity index (χ0v) is 8.75. The first-order chi connectivity index (χ1) is 7.79. The van der Waals surface area contributed by atoms with E-state index >= 15 is 0 Å². The second-order valence-electron chi connectivity index (χ2n) is 3.06. The van der Waals surface area contributed by atoms with Gasteiger partial charge in [0.05, 0.1) is 13.3 Å². The number of methoxy groups -OCH3 is 1. The maximum Gasteiger partial charge on any atom is 0.245 e. The number of ether oxygens (including phenoxy) is 2. The molecule has 0 bridgehead atoms. The molecule has 82 valence electrons. The summed E-state index contributed by atoms with van der Waals surface area (Å²) in [4.78, 5) is 7.71. The van der Waals surface area contributed by atoms with Crippen molar-refractivity contribution in [3.8, 4) is 17.4 Å². The fourth-order valence-electron chi connectivity index (χ4n) is 1.19. The first-order valence-electron chi connectivity index (χ1n) is 4.67. The van der Waals surface area contributed by atoms with Crippen molar-refractivity contribution in [2.45, 2.75) is 0 Å². The molecule has 0 amide bonds. The van der Waals surface area contributed by atoms with Crippen molar-refractivity contribution in [3.05, 3.63) is 36.8 Å². The van der Waals surface area contributed by atoms with Crippen molar-refractivity contribution in [1.82, 2.24) is 9.97 Å². The van der Waals surface area contributed by atoms with Crippen LogP contribution in [0.5, 0.6) is 17.4 Å². The van der Waals surface area contributed by atoms with E-state index in [1.165, 1.54) is 12.5 Å². The van der Waals surface area contributed by atoms with E-state index in [1.807, 2.05) is 12.1 Å². The highest BCUT2D eigenvalue weighted by atomic mass is 16.5. The molecule has 2 rings (SSSR count). The SMILES string of the molecule is COc1cccc(Oc2ncncc2N)c1. The molecule has 1 aromatic heterocycles. The quantitative estimate of drug-likeness (QED) is 0.849. The Morgan fingerprint density at radius 1 is 1.25 bits per heavy atom. The van der Waals surface area contributed by atoms with Gasteiger partial charge in [-0.05, 0) is 12.1 Å². The zero-order valence-electron chi connectivity index (χ0n) is 8.75. The Hall–Kier alpha value is -2.30. The van der Waals surface area contributed by atoms with Gasteiger partial charge in [0.25, 0.3) is 0 Å². The van der Waals surface area contributed by atoms with Gasteiger partial charge in [0.15, 0.2) is 0 Å². The monoisotopic (exact) mass is 217 g/mol. The highest BCUT2D eigenvalue weighted by molar-refractivity contribution is 5.47. The highest BCUT2D eigenvalue weighted by Crippen LogP contribution is 2.26. The van der Waals surface area contributed by atoms with Gasteiger partial charge in [0, 0.05) is 6.07 Å². The number of anilines is 1. The summed E-state index contributed by atoms with van der Waals surface area (Å²) >= 11 is 0. The van der Waals surface area contributed by atoms with E-state index in [2.05, 4.69) is 9.97 Å². The summed E-state index contributed by atoms with van der Waals surface area (Å²) < 4.78 is 10.6. The van der Waals surface area contributed by atoms with Crippen LogP contribution >= 0.6 is 0 Å². The van der Waals surface area contributed by atoms with Crippen molar-refractivity contribution < 1.29 is 9.47 Å². The molecule has 5 nitrogen and oxygen atoms in total. The molecule has 0 unspecified atom stereocenters. The van der Waals surface area contributed by atoms with Gasteiger partial charge in [-0.2, -0.15) is 4.98 Å². The number of nitrogens with zero attached hydrogens (tertiary/aromatic N) is 2. The molecule has 0 saturated carbocycles. The van der Waals surface area contributed by atoms with Gasteiger partial charge in [0.1, 0.15) is 23.5 Å². The second kappa shape index (κ2) is 4.48. The van der Waals surface area contributed by atoms with Crippen LogP contribution in [-0.2, 0) is 0 Å². The summed E-state index contributed by atoms with van der Waals surface area (Å²) in [5.41, 5.74) is 6.05. The van der Waals surface area contributed by atoms with E-state index in [9.17, 15) is 0 Å². The normalized spacial score (nSPS) is 9.81. The lowest BCUT2D eigenvalue weighted by Gasteiger charge is -2.07. The summed E-state index contributed by atoms with van der Waals surface area (Å²) in [7, 11) is 1.60. The Morgan fingerprint density at radius 2 is 2.06 bits per heavy atom. The summed E-state index contributed by atoms with van der Waals surface area (Å²) in [6, 6.07) is 7.20. The number of benzene rings is 1. The topological polar surface area (TPSA) is 70.3 Å². The molecule has 16 heavy (non-hydrogen) atoms. The van der Waals surface area contributed by atoms with Gasteiger partial charge < -0.3 is 15.2 Å². The lowest BCUT2D eigenvalue weighted by molar-refractivity contribution is 0.407. The average molecular weight is 217 g/mol. The molecule has 0 aliphatic heterocycles. The third-order valence-electron chi connectivity index (χ3n) is 1.96. The Bertz CT molecular complexity index is 488. The standard InChI is InChI=1S/C11H11N3O2/c1-15-8-3-2-4-9(5-8)16-11-10(12)6-13-7-14-11/h2-7H,12H2,1H3. The van der Waals surface area contributed by atoms with E-state index in [0.29, 0.717) is 23.1 Å². The van der Waals surface area contributed by atoms with Crippen LogP contribution < -0.4 is 15.2 Å². The van der Waals surface area contributed by atoms with E-state index in [4.69, 9.17) is 15.2 Å². The van der Waals surface area contributed by atoms with Crippen LogP contribution in [0.4, 0.5) is 5.69 Å². The van der Waals surface area contributed by atoms with E-state index in [1.54, 1.807) is 19.2 Å². The molecule has 0 aliphatic carbocycles. The lowest BCUT2D eigenvalue weighted by Crippen LogP contribution is -1.95. The van der Waals surface area contributed by atoms with Gasteiger partial charge in [-0.3, -0.25) is 0 Å². The fraction of sp³-hybridized carbons (Fsp3) is 0.0909. The molecule has 5 heteroatoms. The molecule has 0 atom stereocenters. The van der Waals surface area contributed by atoms with Gasteiger partial charge in [-0.25, -0.2) is 4.98 Å². The van der Waals surface area contributed by atoms with Gasteiger partial charge >= 0.3 is 0 Å². The molecular formula is C11H11N3O2. The number of nitrogen functional groups attached to an aromatic ring is 1. The van der Waals surface area contributed by atoms with Crippen LogP contribution in [-0.4, -0.2) is 17.1 Å². The summed E-state index contributed by atoms with van der Waals surface area (Å²) in [6.07, 6.45) is 2.87. The van der Waals surface area contributed by atoms with Crippen LogP contribution in [0.1, 0.15) is 0 Å². The number of nitrogens with two attached hydrogens (primary N) is 1. The van der Waals surface area contributed by atoms with Crippen molar-refractivity contribution >= 4 is 5.69 Å². The number of rotatable bonds is 3. The van der Waals surface area contributed by atoms with Gasteiger partial charge in [0.2, 0.25) is 5.88 Å². The maximum absolute atomic E-state index is 5.66. The molecule has 2 aromatic rings. The lowest BCUT2D eigenvalue weighted by atomic mass is 10.3. The van der Waals surface area contributed by atoms with Crippen LogP contribution in [0.3, 0.4) is 0 Å². The van der Waals surface area contributed by atoms with Crippen molar-refractivity contribution in [2.75, 3.05) is 12.8 Å². The van der Waals surface area contributed by atoms with Crippen LogP contribution in [0.25, 0.3) is 0 Å². The minimum Gasteiger partial charge on any atom is -0.497 e. The third-order valence-corrected chi connectivity index (χ3v) is 1.96. The molecule has 0 aliphatic rings. The second-order valence-corrected chi connectivity index (χ2v) is 3.06. The molecule has 2 N–H and O–H groups in total. The molecule has 1 heterocycles. The Labute approximate surface area is 92.9 Å². The fourth-order valence-corrected chi connectivity index (χ4v) is 1.19. The number of hydrogen-bond donors (Lipinski definition) is 1. The molecular weight excluding hydrogens is 206 g/mol. The van der Waals surface area contributed by atoms with Crippen LogP contribution in [0.15, 0.2) is 36.8 Å². The number of aromatic nitrogens is 2. The Kier molecular flexibility index (Phi) is 2.86. The Morgan fingerprint density at radius 3 is 2.81 bits per heavy atom. The van der Waals surface area contributed by atoms with Gasteiger partial charge in [-0.15, -0.1) is 0 Å². The highest BCUT2D eigenvalue weighted by Gasteiger charge is 2.03. The zero-order chi connectivity index (χ0) is 11.4. The summed E-state index contributed by atoms with van der Waals surface area (Å²) in [5, 5.41) is 0. The van der Waals surface area contributed by atoms with E-state index in [-0.39, 0.29) is 0 Å². The smallest absolute Gasteiger partial charge is 0.245 e. The molecule has 0 radical (unpaired) electrons. The molecule has 0 fully saturated rings. The molecule has 1 aromatic carbocycles. The van der Waals surface area contributed by atoms with E-state index < -0.39 is 0 Å². The summed E-state index contributed by atoms with van der Waals surface area (Å²) in [6.45, 7) is 0. The summed E-state index contributed by atoms with van der Waals surface area (Å²) in [5.74, 6) is 1.66. The molecule has 0 saturated heterocycles. The minimum absolute atomic E-state index is 0.336. The maximum atomic E-state index is 5.66. The van der Waals surface area contributed by atoms with Crippen molar-refractivity contribution in [2.24, 2.45) is 0 Å². The van der Waals surface area contributed by atoms with Gasteiger partial charge in [-0.1, -0.05) is 6.07 Å². The predicted octanol–water partition coefficient (Wildman–Crippen LogP) is 1.86. The minimum atomic E-state index is 0.336. The first-order valence-corrected chi connectivity index (χ1v) is 4.67.